The van der Waals surface area contributed by atoms with Crippen molar-refractivity contribution in [3.63, 3.8) is 0 Å². The van der Waals surface area contributed by atoms with E-state index >= 15 is 0 Å². The number of ether oxygens (including phenoxy) is 1. The van der Waals surface area contributed by atoms with Gasteiger partial charge >= 0.3 is 5.97 Å². The van der Waals surface area contributed by atoms with Gasteiger partial charge < -0.3 is 9.84 Å². The summed E-state index contributed by atoms with van der Waals surface area (Å²) in [6, 6.07) is 1.47. The summed E-state index contributed by atoms with van der Waals surface area (Å²) in [6.07, 6.45) is 0. The maximum atomic E-state index is 11.3. The predicted octanol–water partition coefficient (Wildman–Crippen LogP) is 1.67. The van der Waals surface area contributed by atoms with Crippen molar-refractivity contribution in [3.8, 4) is 0 Å². The first-order valence-corrected chi connectivity index (χ1v) is 6.76. The van der Waals surface area contributed by atoms with E-state index in [4.69, 9.17) is 5.11 Å². The van der Waals surface area contributed by atoms with Crippen LogP contribution in [0.3, 0.4) is 0 Å². The number of hydrogen-bond donors (Lipinski definition) is 2. The number of nitrogens with one attached hydrogen (secondary N) is 1. The molecule has 2 N–H and O–H groups in total. The fourth-order valence-corrected chi connectivity index (χ4v) is 2.52. The second-order valence-electron chi connectivity index (χ2n) is 5.19. The summed E-state index contributed by atoms with van der Waals surface area (Å²) in [6.45, 7) is 6.79. The minimum absolute atomic E-state index is 0.132. The Morgan fingerprint density at radius 2 is 2.22 bits per heavy atom. The summed E-state index contributed by atoms with van der Waals surface area (Å²) in [5, 5.41) is 14.2. The Morgan fingerprint density at radius 1 is 1.56 bits per heavy atom. The lowest BCUT2D eigenvalue weighted by Gasteiger charge is -2.16. The lowest BCUT2D eigenvalue weighted by molar-refractivity contribution is -0.144. The van der Waals surface area contributed by atoms with Crippen molar-refractivity contribution in [3.05, 3.63) is 21.9 Å². The molecule has 0 aliphatic rings. The fourth-order valence-electron chi connectivity index (χ4n) is 1.46. The number of aliphatic hydroxyl groups excluding tert-OH is 1. The normalized spacial score (nSPS) is 13.4. The number of methoxy groups -OCH3 is 1. The van der Waals surface area contributed by atoms with E-state index in [-0.39, 0.29) is 12.0 Å². The molecule has 0 saturated heterocycles. The number of esters is 1. The molecule has 4 nitrogen and oxygen atoms in total. The van der Waals surface area contributed by atoms with Crippen LogP contribution in [0.5, 0.6) is 0 Å². The number of thiophene rings is 1. The van der Waals surface area contributed by atoms with Crippen LogP contribution in [-0.2, 0) is 21.5 Å². The first-order chi connectivity index (χ1) is 8.38. The maximum absolute atomic E-state index is 11.3. The Morgan fingerprint density at radius 3 is 2.67 bits per heavy atom. The topological polar surface area (TPSA) is 58.6 Å². The summed E-state index contributed by atoms with van der Waals surface area (Å²) in [5.74, 6) is -0.440. The zero-order valence-corrected chi connectivity index (χ0v) is 12.1. The summed E-state index contributed by atoms with van der Waals surface area (Å²) >= 11 is 1.65. The Hall–Kier alpha value is -0.910. The molecule has 102 valence electrons. The van der Waals surface area contributed by atoms with Crippen LogP contribution in [-0.4, -0.2) is 30.8 Å². The first-order valence-electron chi connectivity index (χ1n) is 5.88. The van der Waals surface area contributed by atoms with Crippen molar-refractivity contribution in [1.82, 2.24) is 5.32 Å². The van der Waals surface area contributed by atoms with Gasteiger partial charge in [-0.2, -0.15) is 0 Å². The molecule has 1 rings (SSSR count). The van der Waals surface area contributed by atoms with Gasteiger partial charge in [-0.1, -0.05) is 20.8 Å². The largest absolute Gasteiger partial charge is 0.468 e. The van der Waals surface area contributed by atoms with Crippen molar-refractivity contribution in [1.29, 1.82) is 0 Å². The number of carbonyl (C=O) groups excluding carboxylic acids is 1. The van der Waals surface area contributed by atoms with E-state index in [1.165, 1.54) is 12.7 Å². The van der Waals surface area contributed by atoms with Crippen molar-refractivity contribution in [2.75, 3.05) is 13.7 Å². The van der Waals surface area contributed by atoms with E-state index in [1.807, 2.05) is 0 Å². The Labute approximate surface area is 112 Å². The quantitative estimate of drug-likeness (QED) is 0.800. The molecule has 0 amide bonds. The molecular weight excluding hydrogens is 250 g/mol. The molecule has 1 aromatic heterocycles. The van der Waals surface area contributed by atoms with Gasteiger partial charge in [-0.15, -0.1) is 11.3 Å². The van der Waals surface area contributed by atoms with Gasteiger partial charge in [0.1, 0.15) is 6.04 Å². The molecule has 18 heavy (non-hydrogen) atoms. The standard InChI is InChI=1S/C13H21NO3S/c1-13(2,3)9-5-10(18-8-9)6-14-11(7-15)12(16)17-4/h5,8,11,14-15H,6-7H2,1-4H3/t11-/m0/s1. The van der Waals surface area contributed by atoms with Crippen LogP contribution in [0.15, 0.2) is 11.4 Å². The average molecular weight is 271 g/mol. The van der Waals surface area contributed by atoms with E-state index in [1.54, 1.807) is 11.3 Å². The van der Waals surface area contributed by atoms with Crippen LogP contribution < -0.4 is 5.32 Å². The van der Waals surface area contributed by atoms with Crippen LogP contribution in [0.2, 0.25) is 0 Å². The van der Waals surface area contributed by atoms with E-state index in [0.29, 0.717) is 6.54 Å². The zero-order chi connectivity index (χ0) is 13.8. The highest BCUT2D eigenvalue weighted by Gasteiger charge is 2.19. The number of hydrogen-bond acceptors (Lipinski definition) is 5. The van der Waals surface area contributed by atoms with E-state index in [2.05, 4.69) is 42.3 Å². The molecule has 0 aliphatic carbocycles. The maximum Gasteiger partial charge on any atom is 0.325 e. The third-order valence-corrected chi connectivity index (χ3v) is 3.65. The summed E-state index contributed by atoms with van der Waals surface area (Å²) < 4.78 is 4.59. The van der Waals surface area contributed by atoms with Gasteiger partial charge in [0.05, 0.1) is 13.7 Å². The van der Waals surface area contributed by atoms with Crippen LogP contribution in [0.1, 0.15) is 31.2 Å². The van der Waals surface area contributed by atoms with Crippen LogP contribution in [0.25, 0.3) is 0 Å². The molecule has 1 heterocycles. The second-order valence-corrected chi connectivity index (χ2v) is 6.19. The molecule has 0 fully saturated rings. The zero-order valence-electron chi connectivity index (χ0n) is 11.3. The lowest BCUT2D eigenvalue weighted by atomic mass is 9.89. The first kappa shape index (κ1) is 15.1. The molecule has 0 unspecified atom stereocenters. The Bertz CT molecular complexity index is 395. The number of carbonyl (C=O) groups is 1. The molecule has 0 aromatic carbocycles. The molecule has 5 heteroatoms. The van der Waals surface area contributed by atoms with Crippen molar-refractivity contribution in [2.45, 2.75) is 38.8 Å². The molecule has 0 saturated carbocycles. The van der Waals surface area contributed by atoms with Gasteiger partial charge in [0.25, 0.3) is 0 Å². The molecule has 1 aromatic rings. The Balaban J connectivity index is 2.58. The fraction of sp³-hybridized carbons (Fsp3) is 0.615. The van der Waals surface area contributed by atoms with Crippen molar-refractivity contribution < 1.29 is 14.6 Å². The van der Waals surface area contributed by atoms with Gasteiger partial charge in [0, 0.05) is 11.4 Å². The lowest BCUT2D eigenvalue weighted by Crippen LogP contribution is -2.39. The highest BCUT2D eigenvalue weighted by Crippen LogP contribution is 2.27. The van der Waals surface area contributed by atoms with Crippen LogP contribution >= 0.6 is 11.3 Å². The summed E-state index contributed by atoms with van der Waals surface area (Å²) in [4.78, 5) is 12.4. The molecule has 0 bridgehead atoms. The summed E-state index contributed by atoms with van der Waals surface area (Å²) in [7, 11) is 1.32. The minimum Gasteiger partial charge on any atom is -0.468 e. The Kier molecular flexibility index (Phi) is 5.31. The van der Waals surface area contributed by atoms with E-state index in [9.17, 15) is 4.79 Å². The second kappa shape index (κ2) is 6.31. The third kappa shape index (κ3) is 4.08. The monoisotopic (exact) mass is 271 g/mol. The van der Waals surface area contributed by atoms with E-state index < -0.39 is 12.0 Å². The van der Waals surface area contributed by atoms with Gasteiger partial charge in [-0.25, -0.2) is 0 Å². The van der Waals surface area contributed by atoms with Crippen molar-refractivity contribution in [2.24, 2.45) is 0 Å². The highest BCUT2D eigenvalue weighted by molar-refractivity contribution is 7.10. The van der Waals surface area contributed by atoms with Crippen LogP contribution in [0.4, 0.5) is 0 Å². The molecule has 0 spiro atoms. The van der Waals surface area contributed by atoms with Crippen molar-refractivity contribution >= 4 is 17.3 Å². The van der Waals surface area contributed by atoms with Gasteiger partial charge in [0.2, 0.25) is 0 Å². The van der Waals surface area contributed by atoms with Gasteiger partial charge in [-0.05, 0) is 22.4 Å². The molecule has 1 atom stereocenters. The number of aliphatic hydroxyl groups is 1. The smallest absolute Gasteiger partial charge is 0.325 e. The van der Waals surface area contributed by atoms with Gasteiger partial charge in [0.15, 0.2) is 0 Å². The molecule has 0 aliphatic heterocycles. The SMILES string of the molecule is COC(=O)[C@H](CO)NCc1cc(C(C)(C)C)cs1. The average Bonchev–Trinajstić information content (AvgIpc) is 2.78. The predicted molar refractivity (Wildman–Crippen MR) is 72.7 cm³/mol. The van der Waals surface area contributed by atoms with E-state index in [0.717, 1.165) is 4.88 Å². The van der Waals surface area contributed by atoms with Crippen LogP contribution in [0, 0.1) is 0 Å². The number of rotatable bonds is 5. The van der Waals surface area contributed by atoms with Gasteiger partial charge in [-0.3, -0.25) is 10.1 Å². The third-order valence-electron chi connectivity index (χ3n) is 2.71. The minimum atomic E-state index is -0.657. The molecule has 0 radical (unpaired) electrons. The molecular formula is C13H21NO3S. The summed E-state index contributed by atoms with van der Waals surface area (Å²) in [5.41, 5.74) is 1.41. The highest BCUT2D eigenvalue weighted by atomic mass is 32.1.